The third-order valence-electron chi connectivity index (χ3n) is 9.37. The lowest BCUT2D eigenvalue weighted by Crippen LogP contribution is -2.47. The second-order valence-corrected chi connectivity index (χ2v) is 13.5. The van der Waals surface area contributed by atoms with Crippen molar-refractivity contribution in [2.24, 2.45) is 0 Å². The minimum Gasteiger partial charge on any atom is -0.467 e. The van der Waals surface area contributed by atoms with Crippen molar-refractivity contribution >= 4 is 12.0 Å². The molecule has 53 heavy (non-hydrogen) atoms. The second kappa shape index (κ2) is 18.4. The molecule has 9 heteroatoms. The number of benzene rings is 5. The predicted octanol–water partition coefficient (Wildman–Crippen LogP) is 7.11. The Labute approximate surface area is 311 Å². The van der Waals surface area contributed by atoms with Gasteiger partial charge < -0.3 is 30.0 Å². The fourth-order valence-electron chi connectivity index (χ4n) is 6.64. The molecule has 0 spiro atoms. The van der Waals surface area contributed by atoms with Gasteiger partial charge in [-0.25, -0.2) is 9.59 Å². The molecule has 1 aliphatic heterocycles. The van der Waals surface area contributed by atoms with Crippen LogP contribution in [0.25, 0.3) is 11.1 Å². The summed E-state index contributed by atoms with van der Waals surface area (Å²) in [6.07, 6.45) is 0.160. The lowest BCUT2D eigenvalue weighted by atomic mass is 9.98. The van der Waals surface area contributed by atoms with E-state index in [1.54, 1.807) is 0 Å². The van der Waals surface area contributed by atoms with Crippen LogP contribution in [0.3, 0.4) is 0 Å². The van der Waals surface area contributed by atoms with E-state index in [0.717, 1.165) is 52.0 Å². The zero-order valence-corrected chi connectivity index (χ0v) is 30.2. The Kier molecular flexibility index (Phi) is 13.0. The van der Waals surface area contributed by atoms with Crippen LogP contribution in [0, 0.1) is 0 Å². The maximum absolute atomic E-state index is 12.9. The number of esters is 1. The average Bonchev–Trinajstić information content (AvgIpc) is 3.20. The van der Waals surface area contributed by atoms with Crippen LogP contribution < -0.4 is 10.6 Å². The minimum absolute atomic E-state index is 0.00762. The smallest absolute Gasteiger partial charge is 0.328 e. The molecule has 0 bridgehead atoms. The average molecular weight is 714 g/mol. The van der Waals surface area contributed by atoms with Crippen LogP contribution in [0.5, 0.6) is 0 Å². The third kappa shape index (κ3) is 10.6. The highest BCUT2D eigenvalue weighted by atomic mass is 16.7. The summed E-state index contributed by atoms with van der Waals surface area (Å²) in [7, 11) is 3.42. The van der Waals surface area contributed by atoms with Crippen molar-refractivity contribution in [3.63, 3.8) is 0 Å². The van der Waals surface area contributed by atoms with Gasteiger partial charge in [-0.1, -0.05) is 121 Å². The van der Waals surface area contributed by atoms with Gasteiger partial charge in [-0.3, -0.25) is 4.90 Å². The Morgan fingerprint density at radius 2 is 1.43 bits per heavy atom. The fraction of sp³-hybridized carbons (Fsp3) is 0.273. The van der Waals surface area contributed by atoms with Gasteiger partial charge in [-0.05, 0) is 58.1 Å². The molecular weight excluding hydrogens is 666 g/mol. The summed E-state index contributed by atoms with van der Waals surface area (Å²) in [4.78, 5) is 27.6. The van der Waals surface area contributed by atoms with Gasteiger partial charge in [0.1, 0.15) is 6.04 Å². The first-order chi connectivity index (χ1) is 25.9. The molecule has 1 aliphatic rings. The molecule has 274 valence electrons. The Morgan fingerprint density at radius 1 is 0.774 bits per heavy atom. The SMILES string of the molecule is COC(=O)[C@H](Cc1ccccc1)NC(=O)NCc1cccc(-c2cccc([C@H]3O[C@@H](CN(C)Cc4ccccc4)C[C@@H](c4ccc(CO)cc4)O3)c2)c1. The summed E-state index contributed by atoms with van der Waals surface area (Å²) in [5.41, 5.74) is 7.84. The highest BCUT2D eigenvalue weighted by Crippen LogP contribution is 2.39. The number of rotatable bonds is 14. The lowest BCUT2D eigenvalue weighted by Gasteiger charge is -2.38. The van der Waals surface area contributed by atoms with E-state index < -0.39 is 24.3 Å². The topological polar surface area (TPSA) is 109 Å². The molecule has 9 nitrogen and oxygen atoms in total. The number of amides is 2. The van der Waals surface area contributed by atoms with Crippen LogP contribution in [0.15, 0.2) is 133 Å². The Morgan fingerprint density at radius 3 is 2.13 bits per heavy atom. The van der Waals surface area contributed by atoms with Gasteiger partial charge >= 0.3 is 12.0 Å². The number of ether oxygens (including phenoxy) is 3. The second-order valence-electron chi connectivity index (χ2n) is 13.5. The standard InChI is InChI=1S/C44H47N3O6/c1-47(28-32-13-7-4-8-14-32)29-39-26-41(35-21-19-33(30-48)20-22-35)53-43(52-39)38-18-10-17-37(25-38)36-16-9-15-34(23-36)27-45-44(50)46-40(42(49)51-2)24-31-11-5-3-6-12-31/h3-23,25,39-41,43,48H,24,26-30H2,1-2H3,(H2,45,46,50)/t39-,40+,41+,43+/m1/s1. The van der Waals surface area contributed by atoms with Gasteiger partial charge in [0, 0.05) is 38.0 Å². The molecule has 0 aliphatic carbocycles. The predicted molar refractivity (Wildman–Crippen MR) is 204 cm³/mol. The monoisotopic (exact) mass is 713 g/mol. The molecule has 6 rings (SSSR count). The molecule has 3 N–H and O–H groups in total. The van der Waals surface area contributed by atoms with Gasteiger partial charge in [0.15, 0.2) is 6.29 Å². The molecule has 0 radical (unpaired) electrons. The largest absolute Gasteiger partial charge is 0.467 e. The first kappa shape index (κ1) is 37.4. The molecule has 0 saturated carbocycles. The van der Waals surface area contributed by atoms with E-state index in [1.807, 2.05) is 103 Å². The summed E-state index contributed by atoms with van der Waals surface area (Å²) < 4.78 is 18.2. The summed E-state index contributed by atoms with van der Waals surface area (Å²) in [5.74, 6) is -0.506. The number of carbonyl (C=O) groups excluding carboxylic acids is 2. The number of hydrogen-bond donors (Lipinski definition) is 3. The number of hydrogen-bond acceptors (Lipinski definition) is 7. The van der Waals surface area contributed by atoms with Gasteiger partial charge in [-0.15, -0.1) is 0 Å². The lowest BCUT2D eigenvalue weighted by molar-refractivity contribution is -0.252. The zero-order chi connectivity index (χ0) is 37.0. The quantitative estimate of drug-likeness (QED) is 0.105. The molecule has 5 aromatic rings. The molecule has 4 atom stereocenters. The number of likely N-dealkylation sites (N-methyl/N-ethyl adjacent to an activating group) is 1. The normalized spacial score (nSPS) is 17.5. The van der Waals surface area contributed by atoms with E-state index in [-0.39, 0.29) is 25.4 Å². The van der Waals surface area contributed by atoms with Crippen molar-refractivity contribution in [3.8, 4) is 11.1 Å². The summed E-state index contributed by atoms with van der Waals surface area (Å²) >= 11 is 0. The Bertz CT molecular complexity index is 1920. The molecular formula is C44H47N3O6. The van der Waals surface area contributed by atoms with Crippen molar-refractivity contribution in [2.45, 2.75) is 57.1 Å². The van der Waals surface area contributed by atoms with E-state index in [2.05, 4.69) is 52.9 Å². The van der Waals surface area contributed by atoms with Crippen molar-refractivity contribution in [1.29, 1.82) is 0 Å². The molecule has 5 aromatic carbocycles. The van der Waals surface area contributed by atoms with Crippen LogP contribution in [-0.4, -0.2) is 54.9 Å². The van der Waals surface area contributed by atoms with E-state index >= 15 is 0 Å². The Balaban J connectivity index is 1.14. The van der Waals surface area contributed by atoms with Crippen LogP contribution in [0.1, 0.15) is 52.2 Å². The number of nitrogens with one attached hydrogen (secondary N) is 2. The van der Waals surface area contributed by atoms with Crippen LogP contribution in [0.4, 0.5) is 4.79 Å². The minimum atomic E-state index is -0.816. The molecule has 1 fully saturated rings. The highest BCUT2D eigenvalue weighted by Gasteiger charge is 2.33. The number of nitrogens with zero attached hydrogens (tertiary/aromatic N) is 1. The number of aliphatic hydroxyl groups is 1. The molecule has 1 heterocycles. The van der Waals surface area contributed by atoms with Crippen LogP contribution in [-0.2, 0) is 45.1 Å². The molecule has 0 unspecified atom stereocenters. The summed E-state index contributed by atoms with van der Waals surface area (Å²) in [6.45, 7) is 1.80. The molecule has 2 amide bonds. The van der Waals surface area contributed by atoms with Crippen molar-refractivity contribution in [2.75, 3.05) is 20.7 Å². The van der Waals surface area contributed by atoms with E-state index in [0.29, 0.717) is 12.8 Å². The van der Waals surface area contributed by atoms with E-state index in [1.165, 1.54) is 12.7 Å². The van der Waals surface area contributed by atoms with Crippen LogP contribution in [0.2, 0.25) is 0 Å². The van der Waals surface area contributed by atoms with Gasteiger partial charge in [0.05, 0.1) is 25.9 Å². The zero-order valence-electron chi connectivity index (χ0n) is 30.2. The molecule has 1 saturated heterocycles. The fourth-order valence-corrected chi connectivity index (χ4v) is 6.64. The van der Waals surface area contributed by atoms with Crippen molar-refractivity contribution in [3.05, 3.63) is 167 Å². The Hall–Kier alpha value is -5.32. The summed E-state index contributed by atoms with van der Waals surface area (Å²) in [6, 6.07) is 42.7. The van der Waals surface area contributed by atoms with Gasteiger partial charge in [-0.2, -0.15) is 0 Å². The maximum atomic E-state index is 12.9. The van der Waals surface area contributed by atoms with E-state index in [9.17, 15) is 14.7 Å². The summed E-state index contributed by atoms with van der Waals surface area (Å²) in [5, 5.41) is 15.2. The third-order valence-corrected chi connectivity index (χ3v) is 9.37. The number of methoxy groups -OCH3 is 1. The van der Waals surface area contributed by atoms with Crippen molar-refractivity contribution in [1.82, 2.24) is 15.5 Å². The number of aliphatic hydroxyl groups excluding tert-OH is 1. The van der Waals surface area contributed by atoms with E-state index in [4.69, 9.17) is 14.2 Å². The molecule has 0 aromatic heterocycles. The number of carbonyl (C=O) groups is 2. The highest BCUT2D eigenvalue weighted by molar-refractivity contribution is 5.83. The van der Waals surface area contributed by atoms with Crippen molar-refractivity contribution < 1.29 is 28.9 Å². The van der Waals surface area contributed by atoms with Gasteiger partial charge in [0.2, 0.25) is 0 Å². The number of urea groups is 1. The van der Waals surface area contributed by atoms with Crippen LogP contribution >= 0.6 is 0 Å². The first-order valence-corrected chi connectivity index (χ1v) is 18.0. The first-order valence-electron chi connectivity index (χ1n) is 18.0. The maximum Gasteiger partial charge on any atom is 0.328 e. The van der Waals surface area contributed by atoms with Gasteiger partial charge in [0.25, 0.3) is 0 Å².